The van der Waals surface area contributed by atoms with Crippen LogP contribution in [0.2, 0.25) is 0 Å². The monoisotopic (exact) mass is 329 g/mol. The zero-order valence-corrected chi connectivity index (χ0v) is 13.5. The summed E-state index contributed by atoms with van der Waals surface area (Å²) in [5.74, 6) is -0.458. The Hall–Kier alpha value is -2.28. The summed E-state index contributed by atoms with van der Waals surface area (Å²) in [5, 5.41) is 0. The number of fused-ring (bicyclic) bond motifs is 1. The number of urea groups is 1. The van der Waals surface area contributed by atoms with E-state index in [4.69, 9.17) is 10.5 Å². The standard InChI is InChI=1S/C17H21N4O3/c18-15(22)17-6-1-7-21(17)16(23)20(12-17)14-4-2-13(3-5-14)19-8-10-24-11-9-19/h2-6H,1,7-12H2,(H2,18,22)/t17-/m1/s1. The summed E-state index contributed by atoms with van der Waals surface area (Å²) in [7, 11) is 0. The third-order valence-corrected chi connectivity index (χ3v) is 5.14. The van der Waals surface area contributed by atoms with E-state index in [1.165, 1.54) is 0 Å². The minimum atomic E-state index is -0.958. The Morgan fingerprint density at radius 3 is 2.38 bits per heavy atom. The van der Waals surface area contributed by atoms with Gasteiger partial charge in [0, 0.05) is 37.4 Å². The summed E-state index contributed by atoms with van der Waals surface area (Å²) < 4.78 is 5.37. The van der Waals surface area contributed by atoms with Gasteiger partial charge >= 0.3 is 6.03 Å². The first-order valence-corrected chi connectivity index (χ1v) is 8.28. The van der Waals surface area contributed by atoms with Crippen molar-refractivity contribution in [1.29, 1.82) is 0 Å². The lowest BCUT2D eigenvalue weighted by molar-refractivity contribution is -0.124. The van der Waals surface area contributed by atoms with E-state index >= 15 is 0 Å². The predicted octanol–water partition coefficient (Wildman–Crippen LogP) is 0.597. The SMILES string of the molecule is NC(=O)[C@]12[CH]CCN1C(=O)N(c1ccc(N3CCOCC3)cc1)C2. The Bertz CT molecular complexity index is 656. The summed E-state index contributed by atoms with van der Waals surface area (Å²) in [6.07, 6.45) is 2.58. The first-order valence-electron chi connectivity index (χ1n) is 8.28. The van der Waals surface area contributed by atoms with Crippen LogP contribution in [0.4, 0.5) is 16.2 Å². The normalized spacial score (nSPS) is 26.8. The molecular weight excluding hydrogens is 308 g/mol. The molecule has 0 bridgehead atoms. The molecule has 0 aliphatic carbocycles. The molecule has 2 N–H and O–H groups in total. The van der Waals surface area contributed by atoms with Crippen LogP contribution in [0.5, 0.6) is 0 Å². The molecule has 3 heterocycles. The van der Waals surface area contributed by atoms with Crippen LogP contribution in [0.15, 0.2) is 24.3 Å². The molecule has 0 saturated carbocycles. The molecule has 3 aliphatic rings. The van der Waals surface area contributed by atoms with E-state index in [0.717, 1.165) is 37.7 Å². The van der Waals surface area contributed by atoms with E-state index in [9.17, 15) is 9.59 Å². The zero-order chi connectivity index (χ0) is 16.7. The molecule has 4 rings (SSSR count). The molecule has 0 unspecified atom stereocenters. The van der Waals surface area contributed by atoms with Gasteiger partial charge in [0.05, 0.1) is 19.8 Å². The number of amides is 3. The van der Waals surface area contributed by atoms with Crippen molar-refractivity contribution < 1.29 is 14.3 Å². The lowest BCUT2D eigenvalue weighted by atomic mass is 9.96. The van der Waals surface area contributed by atoms with Crippen LogP contribution in [-0.2, 0) is 9.53 Å². The van der Waals surface area contributed by atoms with E-state index in [0.29, 0.717) is 13.0 Å². The quantitative estimate of drug-likeness (QED) is 0.881. The largest absolute Gasteiger partial charge is 0.378 e. The summed E-state index contributed by atoms with van der Waals surface area (Å²) in [6.45, 7) is 4.05. The number of primary amides is 1. The number of hydrogen-bond donors (Lipinski definition) is 1. The topological polar surface area (TPSA) is 79.1 Å². The molecule has 24 heavy (non-hydrogen) atoms. The van der Waals surface area contributed by atoms with Crippen LogP contribution in [0.1, 0.15) is 6.42 Å². The van der Waals surface area contributed by atoms with Gasteiger partial charge in [0.15, 0.2) is 0 Å². The maximum atomic E-state index is 12.7. The molecule has 0 spiro atoms. The van der Waals surface area contributed by atoms with Crippen molar-refractivity contribution >= 4 is 23.3 Å². The number of morpholine rings is 1. The van der Waals surface area contributed by atoms with Crippen molar-refractivity contribution in [3.63, 3.8) is 0 Å². The molecule has 127 valence electrons. The molecule has 3 fully saturated rings. The van der Waals surface area contributed by atoms with Crippen LogP contribution in [0.25, 0.3) is 0 Å². The van der Waals surface area contributed by atoms with Gasteiger partial charge in [0.2, 0.25) is 5.91 Å². The Morgan fingerprint density at radius 2 is 1.75 bits per heavy atom. The number of carbonyl (C=O) groups is 2. The van der Waals surface area contributed by atoms with Crippen molar-refractivity contribution in [2.24, 2.45) is 5.73 Å². The van der Waals surface area contributed by atoms with Gasteiger partial charge in [-0.3, -0.25) is 9.69 Å². The molecule has 1 aromatic rings. The minimum Gasteiger partial charge on any atom is -0.378 e. The average Bonchev–Trinajstić information content (AvgIpc) is 3.16. The third kappa shape index (κ3) is 2.23. The predicted molar refractivity (Wildman–Crippen MR) is 89.8 cm³/mol. The van der Waals surface area contributed by atoms with E-state index in [-0.39, 0.29) is 12.6 Å². The number of hydrogen-bond acceptors (Lipinski definition) is 4. The van der Waals surface area contributed by atoms with E-state index in [1.807, 2.05) is 30.7 Å². The maximum absolute atomic E-state index is 12.7. The fraction of sp³-hybridized carbons (Fsp3) is 0.471. The number of carbonyl (C=O) groups excluding carboxylic acids is 2. The van der Waals surface area contributed by atoms with E-state index < -0.39 is 11.4 Å². The summed E-state index contributed by atoms with van der Waals surface area (Å²) in [4.78, 5) is 30.1. The highest BCUT2D eigenvalue weighted by molar-refractivity contribution is 6.04. The van der Waals surface area contributed by atoms with Gasteiger partial charge < -0.3 is 20.3 Å². The highest BCUT2D eigenvalue weighted by Crippen LogP contribution is 2.38. The molecule has 7 heteroatoms. The first kappa shape index (κ1) is 15.3. The molecule has 7 nitrogen and oxygen atoms in total. The van der Waals surface area contributed by atoms with Crippen molar-refractivity contribution in [2.45, 2.75) is 12.0 Å². The van der Waals surface area contributed by atoms with Crippen LogP contribution >= 0.6 is 0 Å². The van der Waals surface area contributed by atoms with Crippen molar-refractivity contribution in [2.75, 3.05) is 49.2 Å². The summed E-state index contributed by atoms with van der Waals surface area (Å²) in [5.41, 5.74) is 6.54. The fourth-order valence-electron chi connectivity index (χ4n) is 3.79. The van der Waals surface area contributed by atoms with Crippen LogP contribution in [-0.4, -0.2) is 61.8 Å². The molecule has 1 aromatic carbocycles. The second-order valence-corrected chi connectivity index (χ2v) is 6.42. The van der Waals surface area contributed by atoms with Crippen molar-refractivity contribution in [1.82, 2.24) is 4.90 Å². The highest BCUT2D eigenvalue weighted by atomic mass is 16.5. The Morgan fingerprint density at radius 1 is 1.08 bits per heavy atom. The van der Waals surface area contributed by atoms with Gasteiger partial charge in [-0.1, -0.05) is 0 Å². The first-order chi connectivity index (χ1) is 11.6. The molecule has 3 amide bonds. The van der Waals surface area contributed by atoms with Gasteiger partial charge in [-0.25, -0.2) is 4.79 Å². The van der Waals surface area contributed by atoms with Crippen molar-refractivity contribution in [3.8, 4) is 0 Å². The van der Waals surface area contributed by atoms with E-state index in [1.54, 1.807) is 9.80 Å². The Balaban J connectivity index is 1.56. The molecule has 1 radical (unpaired) electrons. The third-order valence-electron chi connectivity index (χ3n) is 5.14. The number of nitrogens with two attached hydrogens (primary N) is 1. The Kier molecular flexibility index (Phi) is 3.60. The van der Waals surface area contributed by atoms with Gasteiger partial charge in [-0.05, 0) is 30.7 Å². The van der Waals surface area contributed by atoms with Crippen molar-refractivity contribution in [3.05, 3.63) is 30.7 Å². The van der Waals surface area contributed by atoms with Gasteiger partial charge in [0.25, 0.3) is 0 Å². The number of rotatable bonds is 3. The van der Waals surface area contributed by atoms with Gasteiger partial charge in [0.1, 0.15) is 5.54 Å². The summed E-state index contributed by atoms with van der Waals surface area (Å²) in [6, 6.07) is 7.73. The smallest absolute Gasteiger partial charge is 0.325 e. The highest BCUT2D eigenvalue weighted by Gasteiger charge is 2.56. The van der Waals surface area contributed by atoms with Gasteiger partial charge in [-0.2, -0.15) is 0 Å². The zero-order valence-electron chi connectivity index (χ0n) is 13.5. The average molecular weight is 329 g/mol. The van der Waals surface area contributed by atoms with Crippen LogP contribution in [0.3, 0.4) is 0 Å². The number of ether oxygens (including phenoxy) is 1. The lowest BCUT2D eigenvalue weighted by Gasteiger charge is -2.29. The van der Waals surface area contributed by atoms with Gasteiger partial charge in [-0.15, -0.1) is 0 Å². The minimum absolute atomic E-state index is 0.151. The molecular formula is C17H21N4O3. The molecule has 3 aliphatic heterocycles. The van der Waals surface area contributed by atoms with Crippen LogP contribution in [0, 0.1) is 6.42 Å². The molecule has 3 saturated heterocycles. The Labute approximate surface area is 140 Å². The second kappa shape index (κ2) is 5.66. The lowest BCUT2D eigenvalue weighted by Crippen LogP contribution is -2.53. The molecule has 1 atom stereocenters. The summed E-state index contributed by atoms with van der Waals surface area (Å²) >= 11 is 0. The molecule has 0 aromatic heterocycles. The number of nitrogens with zero attached hydrogens (tertiary/aromatic N) is 3. The number of anilines is 2. The maximum Gasteiger partial charge on any atom is 0.325 e. The fourth-order valence-corrected chi connectivity index (χ4v) is 3.79. The number of benzene rings is 1. The van der Waals surface area contributed by atoms with E-state index in [2.05, 4.69) is 4.90 Å². The second-order valence-electron chi connectivity index (χ2n) is 6.42. The van der Waals surface area contributed by atoms with Crippen LogP contribution < -0.4 is 15.5 Å².